The van der Waals surface area contributed by atoms with E-state index in [1.54, 1.807) is 59.4 Å². The Balaban J connectivity index is 1.49. The summed E-state index contributed by atoms with van der Waals surface area (Å²) in [5.41, 5.74) is 1.71. The van der Waals surface area contributed by atoms with Crippen molar-refractivity contribution in [3.63, 3.8) is 0 Å². The number of carbonyl (C=O) groups excluding carboxylic acids is 2. The van der Waals surface area contributed by atoms with Crippen LogP contribution in [0.5, 0.6) is 0 Å². The van der Waals surface area contributed by atoms with Crippen LogP contribution in [0.2, 0.25) is 10.0 Å². The van der Waals surface area contributed by atoms with Gasteiger partial charge in [0.2, 0.25) is 0 Å². The Morgan fingerprint density at radius 3 is 2.52 bits per heavy atom. The number of carbonyl (C=O) groups is 2. The quantitative estimate of drug-likeness (QED) is 0.373. The van der Waals surface area contributed by atoms with Crippen LogP contribution in [0, 0.1) is 0 Å². The molecule has 31 heavy (non-hydrogen) atoms. The number of halogens is 2. The highest BCUT2D eigenvalue weighted by Gasteiger charge is 2.14. The summed E-state index contributed by atoms with van der Waals surface area (Å²) in [6.45, 7) is 0.475. The maximum Gasteiger partial charge on any atom is 0.265 e. The van der Waals surface area contributed by atoms with E-state index in [1.807, 2.05) is 17.5 Å². The molecule has 2 N–H and O–H groups in total. The zero-order chi connectivity index (χ0) is 21.8. The second-order valence-corrected chi connectivity index (χ2v) is 8.37. The highest BCUT2D eigenvalue weighted by atomic mass is 35.5. The molecule has 156 valence electrons. The highest BCUT2D eigenvalue weighted by Crippen LogP contribution is 2.25. The van der Waals surface area contributed by atoms with Crippen LogP contribution in [0.3, 0.4) is 0 Å². The molecule has 2 aromatic carbocycles. The normalized spacial score (nSPS) is 10.6. The van der Waals surface area contributed by atoms with E-state index in [2.05, 4.69) is 15.7 Å². The van der Waals surface area contributed by atoms with Crippen LogP contribution >= 0.6 is 34.5 Å². The molecule has 2 heterocycles. The van der Waals surface area contributed by atoms with Crippen molar-refractivity contribution in [3.05, 3.63) is 98.3 Å². The molecule has 4 aromatic rings. The first-order chi connectivity index (χ1) is 15.0. The van der Waals surface area contributed by atoms with Crippen LogP contribution < -0.4 is 10.6 Å². The first kappa shape index (κ1) is 21.1. The highest BCUT2D eigenvalue weighted by molar-refractivity contribution is 7.12. The zero-order valence-corrected chi connectivity index (χ0v) is 18.3. The Bertz CT molecular complexity index is 1220. The van der Waals surface area contributed by atoms with E-state index in [4.69, 9.17) is 23.2 Å². The molecule has 0 bridgehead atoms. The van der Waals surface area contributed by atoms with Gasteiger partial charge >= 0.3 is 0 Å². The molecule has 0 spiro atoms. The van der Waals surface area contributed by atoms with Crippen molar-refractivity contribution >= 4 is 57.9 Å². The maximum atomic E-state index is 12.8. The Kier molecular flexibility index (Phi) is 6.36. The predicted molar refractivity (Wildman–Crippen MR) is 124 cm³/mol. The molecule has 0 aliphatic carbocycles. The van der Waals surface area contributed by atoms with Crippen LogP contribution in [0.15, 0.2) is 72.2 Å². The van der Waals surface area contributed by atoms with Gasteiger partial charge in [0.15, 0.2) is 0 Å². The van der Waals surface area contributed by atoms with E-state index in [0.717, 1.165) is 5.56 Å². The molecule has 0 unspecified atom stereocenters. The van der Waals surface area contributed by atoms with Gasteiger partial charge in [-0.3, -0.25) is 9.59 Å². The molecule has 4 rings (SSSR count). The van der Waals surface area contributed by atoms with Crippen molar-refractivity contribution in [1.29, 1.82) is 0 Å². The van der Waals surface area contributed by atoms with Gasteiger partial charge in [0, 0.05) is 16.7 Å². The van der Waals surface area contributed by atoms with Gasteiger partial charge in [-0.1, -0.05) is 41.4 Å². The fourth-order valence-corrected chi connectivity index (χ4v) is 3.78. The van der Waals surface area contributed by atoms with Crippen LogP contribution in [0.4, 0.5) is 11.5 Å². The zero-order valence-electron chi connectivity index (χ0n) is 16.0. The standard InChI is InChI=1S/C22H16Cl2N4O2S/c23-16-6-3-14(4-7-16)13-28-20(9-10-25-28)27-21(29)15-5-8-17(24)18(12-15)26-22(30)19-2-1-11-31-19/h1-12H,13H2,(H,26,30)(H,27,29). The number of rotatable bonds is 6. The number of hydrogen-bond donors (Lipinski definition) is 2. The summed E-state index contributed by atoms with van der Waals surface area (Å²) in [4.78, 5) is 25.7. The summed E-state index contributed by atoms with van der Waals surface area (Å²) >= 11 is 13.5. The van der Waals surface area contributed by atoms with Crippen molar-refractivity contribution in [3.8, 4) is 0 Å². The summed E-state index contributed by atoms with van der Waals surface area (Å²) in [6.07, 6.45) is 1.61. The smallest absolute Gasteiger partial charge is 0.265 e. The monoisotopic (exact) mass is 470 g/mol. The Morgan fingerprint density at radius 1 is 0.968 bits per heavy atom. The Morgan fingerprint density at radius 2 is 1.77 bits per heavy atom. The van der Waals surface area contributed by atoms with Crippen molar-refractivity contribution in [1.82, 2.24) is 9.78 Å². The van der Waals surface area contributed by atoms with E-state index in [9.17, 15) is 9.59 Å². The fourth-order valence-electron chi connectivity index (χ4n) is 2.87. The molecular weight excluding hydrogens is 455 g/mol. The summed E-state index contributed by atoms with van der Waals surface area (Å²) in [6, 6.07) is 17.3. The lowest BCUT2D eigenvalue weighted by atomic mass is 10.2. The third-order valence-electron chi connectivity index (χ3n) is 4.43. The van der Waals surface area contributed by atoms with Crippen molar-refractivity contribution < 1.29 is 9.59 Å². The summed E-state index contributed by atoms with van der Waals surface area (Å²) < 4.78 is 1.68. The minimum absolute atomic E-state index is 0.282. The second kappa shape index (κ2) is 9.34. The van der Waals surface area contributed by atoms with Crippen molar-refractivity contribution in [2.24, 2.45) is 0 Å². The summed E-state index contributed by atoms with van der Waals surface area (Å²) in [5.74, 6) is -0.0873. The van der Waals surface area contributed by atoms with Crippen LogP contribution in [-0.2, 0) is 6.54 Å². The van der Waals surface area contributed by atoms with Gasteiger partial charge in [0.1, 0.15) is 5.82 Å². The molecule has 0 saturated carbocycles. The maximum absolute atomic E-state index is 12.8. The van der Waals surface area contributed by atoms with Gasteiger partial charge in [0.05, 0.1) is 28.3 Å². The molecule has 0 saturated heterocycles. The second-order valence-electron chi connectivity index (χ2n) is 6.58. The van der Waals surface area contributed by atoms with Gasteiger partial charge < -0.3 is 10.6 Å². The van der Waals surface area contributed by atoms with Crippen LogP contribution in [-0.4, -0.2) is 21.6 Å². The predicted octanol–water partition coefficient (Wildman–Crippen LogP) is 5.80. The topological polar surface area (TPSA) is 76.0 Å². The number of anilines is 2. The molecule has 2 amide bonds. The number of benzene rings is 2. The molecule has 9 heteroatoms. The van der Waals surface area contributed by atoms with Gasteiger partial charge in [-0.15, -0.1) is 11.3 Å². The van der Waals surface area contributed by atoms with Crippen LogP contribution in [0.25, 0.3) is 0 Å². The lowest BCUT2D eigenvalue weighted by molar-refractivity contribution is 0.101. The summed E-state index contributed by atoms with van der Waals surface area (Å²) in [7, 11) is 0. The van der Waals surface area contributed by atoms with E-state index < -0.39 is 0 Å². The van der Waals surface area contributed by atoms with E-state index in [1.165, 1.54) is 11.3 Å². The first-order valence-corrected chi connectivity index (χ1v) is 10.8. The molecule has 6 nitrogen and oxygen atoms in total. The number of amides is 2. The van der Waals surface area contributed by atoms with Gasteiger partial charge in [-0.25, -0.2) is 4.68 Å². The third-order valence-corrected chi connectivity index (χ3v) is 5.88. The summed E-state index contributed by atoms with van der Waals surface area (Å²) in [5, 5.41) is 12.7. The molecule has 0 aliphatic heterocycles. The third kappa shape index (κ3) is 5.14. The Hall–Kier alpha value is -3.13. The molecular formula is C22H16Cl2N4O2S. The fraction of sp³-hybridized carbons (Fsp3) is 0.0455. The van der Waals surface area contributed by atoms with Crippen molar-refractivity contribution in [2.45, 2.75) is 6.54 Å². The molecule has 0 radical (unpaired) electrons. The van der Waals surface area contributed by atoms with Gasteiger partial charge in [-0.2, -0.15) is 5.10 Å². The lowest BCUT2D eigenvalue weighted by Gasteiger charge is -2.11. The minimum Gasteiger partial charge on any atom is -0.320 e. The number of hydrogen-bond acceptors (Lipinski definition) is 4. The molecule has 0 atom stereocenters. The van der Waals surface area contributed by atoms with E-state index in [-0.39, 0.29) is 11.8 Å². The average molecular weight is 471 g/mol. The number of aromatic nitrogens is 2. The van der Waals surface area contributed by atoms with E-state index in [0.29, 0.717) is 38.5 Å². The minimum atomic E-state index is -0.346. The number of thiophene rings is 1. The number of nitrogens with zero attached hydrogens (tertiary/aromatic N) is 2. The number of nitrogens with one attached hydrogen (secondary N) is 2. The SMILES string of the molecule is O=C(Nc1ccnn1Cc1ccc(Cl)cc1)c1ccc(Cl)c(NC(=O)c2cccs2)c1. The molecule has 2 aromatic heterocycles. The largest absolute Gasteiger partial charge is 0.320 e. The lowest BCUT2D eigenvalue weighted by Crippen LogP contribution is -2.17. The average Bonchev–Trinajstić information content (AvgIpc) is 3.44. The molecule has 0 aliphatic rings. The van der Waals surface area contributed by atoms with Crippen LogP contribution in [0.1, 0.15) is 25.6 Å². The van der Waals surface area contributed by atoms with E-state index >= 15 is 0 Å². The Labute approximate surface area is 192 Å². The molecule has 0 fully saturated rings. The van der Waals surface area contributed by atoms with Gasteiger partial charge in [-0.05, 0) is 47.3 Å². The first-order valence-electron chi connectivity index (χ1n) is 9.21. The van der Waals surface area contributed by atoms with Gasteiger partial charge in [0.25, 0.3) is 11.8 Å². The van der Waals surface area contributed by atoms with Crippen molar-refractivity contribution in [2.75, 3.05) is 10.6 Å².